The van der Waals surface area contributed by atoms with E-state index < -0.39 is 18.1 Å². The summed E-state index contributed by atoms with van der Waals surface area (Å²) in [4.78, 5) is 47.1. The fourth-order valence-corrected chi connectivity index (χ4v) is 5.45. The number of fused-ring (bicyclic) bond motifs is 1. The highest BCUT2D eigenvalue weighted by atomic mass is 16.7. The molecule has 2 aromatic carbocycles. The molecule has 184 valence electrons. The zero-order valence-electron chi connectivity index (χ0n) is 19.9. The van der Waals surface area contributed by atoms with Gasteiger partial charge >= 0.3 is 0 Å². The maximum absolute atomic E-state index is 13.6. The lowest BCUT2D eigenvalue weighted by atomic mass is 9.90. The minimum absolute atomic E-state index is 0.0510. The van der Waals surface area contributed by atoms with Gasteiger partial charge in [-0.3, -0.25) is 24.1 Å². The fraction of sp³-hybridized carbons (Fsp3) is 0.444. The number of hydrogen-bond acceptors (Lipinski definition) is 6. The van der Waals surface area contributed by atoms with Gasteiger partial charge in [-0.1, -0.05) is 61.7 Å². The Hall–Kier alpha value is -3.23. The van der Waals surface area contributed by atoms with E-state index in [9.17, 15) is 14.4 Å². The molecular weight excluding hydrogens is 446 g/mol. The Morgan fingerprint density at radius 3 is 2.54 bits per heavy atom. The summed E-state index contributed by atoms with van der Waals surface area (Å²) in [6, 6.07) is 16.4. The maximum Gasteiger partial charge on any atom is 0.261 e. The van der Waals surface area contributed by atoms with Crippen molar-refractivity contribution < 1.29 is 24.0 Å². The molecule has 1 aliphatic carbocycles. The average molecular weight is 478 g/mol. The summed E-state index contributed by atoms with van der Waals surface area (Å²) < 4.78 is 5.39. The summed E-state index contributed by atoms with van der Waals surface area (Å²) in [6.07, 6.45) is 4.42. The van der Waals surface area contributed by atoms with Crippen molar-refractivity contribution in [3.63, 3.8) is 0 Å². The quantitative estimate of drug-likeness (QED) is 0.617. The van der Waals surface area contributed by atoms with Crippen LogP contribution in [0.1, 0.15) is 49.3 Å². The molecule has 3 amide bonds. The number of ether oxygens (including phenoxy) is 1. The van der Waals surface area contributed by atoms with Crippen LogP contribution in [-0.4, -0.2) is 53.5 Å². The molecule has 0 radical (unpaired) electrons. The number of methoxy groups -OCH3 is 1. The van der Waals surface area contributed by atoms with E-state index in [-0.39, 0.29) is 36.9 Å². The molecule has 2 saturated heterocycles. The van der Waals surface area contributed by atoms with Crippen molar-refractivity contribution >= 4 is 17.7 Å². The molecule has 0 spiro atoms. The largest absolute Gasteiger partial charge is 0.497 e. The molecule has 0 aromatic heterocycles. The minimum atomic E-state index is -0.954. The molecule has 3 atom stereocenters. The molecule has 2 aromatic rings. The van der Waals surface area contributed by atoms with Crippen LogP contribution in [0.4, 0.5) is 0 Å². The van der Waals surface area contributed by atoms with Gasteiger partial charge in [0.25, 0.3) is 5.91 Å². The van der Waals surface area contributed by atoms with Crippen LogP contribution in [-0.2, 0) is 25.8 Å². The first-order chi connectivity index (χ1) is 17.0. The molecule has 2 aliphatic heterocycles. The van der Waals surface area contributed by atoms with Gasteiger partial charge in [0.1, 0.15) is 12.3 Å². The van der Waals surface area contributed by atoms with Gasteiger partial charge in [-0.25, -0.2) is 0 Å². The van der Waals surface area contributed by atoms with Crippen LogP contribution >= 0.6 is 0 Å². The topological polar surface area (TPSA) is 88.2 Å². The summed E-state index contributed by atoms with van der Waals surface area (Å²) in [5, 5.41) is 4.62. The molecule has 2 heterocycles. The Bertz CT molecular complexity index is 1090. The summed E-state index contributed by atoms with van der Waals surface area (Å²) >= 11 is 0. The molecule has 1 saturated carbocycles. The van der Waals surface area contributed by atoms with Crippen molar-refractivity contribution in [2.45, 2.75) is 56.8 Å². The van der Waals surface area contributed by atoms with Crippen LogP contribution in [0.15, 0.2) is 54.6 Å². The van der Waals surface area contributed by atoms with Gasteiger partial charge in [-0.05, 0) is 36.1 Å². The number of hydrogen-bond donors (Lipinski definition) is 1. The zero-order valence-corrected chi connectivity index (χ0v) is 19.9. The third-order valence-electron chi connectivity index (χ3n) is 7.17. The number of likely N-dealkylation sites (tertiary alicyclic amines) is 1. The number of imide groups is 1. The molecule has 8 heteroatoms. The Balaban J connectivity index is 1.39. The van der Waals surface area contributed by atoms with Gasteiger partial charge in [0.15, 0.2) is 6.10 Å². The first-order valence-corrected chi connectivity index (χ1v) is 12.3. The second-order valence-electron chi connectivity index (χ2n) is 9.50. The highest BCUT2D eigenvalue weighted by Crippen LogP contribution is 2.45. The van der Waals surface area contributed by atoms with Crippen molar-refractivity contribution in [1.82, 2.24) is 15.3 Å². The Kier molecular flexibility index (Phi) is 6.83. The third-order valence-corrected chi connectivity index (χ3v) is 7.17. The number of nitrogens with zero attached hydrogens (tertiary/aromatic N) is 2. The Morgan fingerprint density at radius 2 is 1.80 bits per heavy atom. The normalized spacial score (nSPS) is 25.1. The molecule has 35 heavy (non-hydrogen) atoms. The second kappa shape index (κ2) is 10.2. The van der Waals surface area contributed by atoms with Crippen LogP contribution in [0.5, 0.6) is 5.75 Å². The number of amides is 3. The number of carbonyl (C=O) groups is 3. The molecule has 3 unspecified atom stereocenters. The second-order valence-corrected chi connectivity index (χ2v) is 9.50. The average Bonchev–Trinajstić information content (AvgIpc) is 3.36. The number of carbonyl (C=O) groups excluding carboxylic acids is 3. The summed E-state index contributed by atoms with van der Waals surface area (Å²) in [6.45, 7) is 0.145. The molecular formula is C27H31N3O5. The smallest absolute Gasteiger partial charge is 0.261 e. The van der Waals surface area contributed by atoms with Crippen LogP contribution in [0, 0.1) is 5.92 Å². The minimum Gasteiger partial charge on any atom is -0.497 e. The van der Waals surface area contributed by atoms with Gasteiger partial charge in [0.05, 0.1) is 25.6 Å². The van der Waals surface area contributed by atoms with E-state index >= 15 is 0 Å². The van der Waals surface area contributed by atoms with Crippen LogP contribution in [0.25, 0.3) is 0 Å². The molecule has 0 bridgehead atoms. The summed E-state index contributed by atoms with van der Waals surface area (Å²) in [5.41, 5.74) is 1.64. The predicted molar refractivity (Wildman–Crippen MR) is 128 cm³/mol. The van der Waals surface area contributed by atoms with Gasteiger partial charge in [0, 0.05) is 6.04 Å². The lowest BCUT2D eigenvalue weighted by Crippen LogP contribution is -2.44. The fourth-order valence-electron chi connectivity index (χ4n) is 5.45. The number of rotatable bonds is 7. The van der Waals surface area contributed by atoms with Gasteiger partial charge < -0.3 is 10.1 Å². The van der Waals surface area contributed by atoms with Crippen LogP contribution in [0.3, 0.4) is 0 Å². The maximum atomic E-state index is 13.6. The van der Waals surface area contributed by atoms with Crippen molar-refractivity contribution in [2.75, 3.05) is 13.7 Å². The van der Waals surface area contributed by atoms with Crippen molar-refractivity contribution in [3.8, 4) is 5.75 Å². The van der Waals surface area contributed by atoms with Crippen molar-refractivity contribution in [2.24, 2.45) is 5.92 Å². The van der Waals surface area contributed by atoms with Gasteiger partial charge in [0.2, 0.25) is 11.8 Å². The SMILES string of the molecule is COc1cccc(C2C3C(=O)N(Cc4ccccc4)C(=O)C3ON2CC(=O)NC2CCCCC2)c1. The number of hydroxylamine groups is 2. The predicted octanol–water partition coefficient (Wildman–Crippen LogP) is 2.99. The standard InChI is InChI=1S/C27H31N3O5/c1-34-21-14-8-11-19(15-21)24-23-25(27(33)29(26(23)32)16-18-9-4-2-5-10-18)35-30(24)17-22(31)28-20-12-6-3-7-13-20/h2,4-5,8-11,14-15,20,23-25H,3,6-7,12-13,16-17H2,1H3,(H,28,31). The Labute approximate surface area is 205 Å². The first kappa shape index (κ1) is 23.5. The van der Waals surface area contributed by atoms with Gasteiger partial charge in [-0.15, -0.1) is 0 Å². The van der Waals surface area contributed by atoms with E-state index in [0.29, 0.717) is 5.75 Å². The number of nitrogens with one attached hydrogen (secondary N) is 1. The number of benzene rings is 2. The lowest BCUT2D eigenvalue weighted by molar-refractivity contribution is -0.183. The van der Waals surface area contributed by atoms with Crippen LogP contribution < -0.4 is 10.1 Å². The van der Waals surface area contributed by atoms with E-state index in [1.165, 1.54) is 16.4 Å². The third kappa shape index (κ3) is 4.81. The van der Waals surface area contributed by atoms with Crippen molar-refractivity contribution in [3.05, 3.63) is 65.7 Å². The van der Waals surface area contributed by atoms with E-state index in [4.69, 9.17) is 9.57 Å². The molecule has 5 rings (SSSR count). The van der Waals surface area contributed by atoms with E-state index in [1.54, 1.807) is 7.11 Å². The Morgan fingerprint density at radius 1 is 1.03 bits per heavy atom. The van der Waals surface area contributed by atoms with E-state index in [0.717, 1.165) is 36.8 Å². The van der Waals surface area contributed by atoms with Crippen molar-refractivity contribution in [1.29, 1.82) is 0 Å². The highest BCUT2D eigenvalue weighted by molar-refractivity contribution is 6.07. The monoisotopic (exact) mass is 477 g/mol. The summed E-state index contributed by atoms with van der Waals surface area (Å²) in [7, 11) is 1.58. The van der Waals surface area contributed by atoms with Gasteiger partial charge in [-0.2, -0.15) is 5.06 Å². The highest BCUT2D eigenvalue weighted by Gasteiger charge is 2.59. The van der Waals surface area contributed by atoms with Crippen LogP contribution in [0.2, 0.25) is 0 Å². The van der Waals surface area contributed by atoms with E-state index in [2.05, 4.69) is 5.32 Å². The molecule has 8 nitrogen and oxygen atoms in total. The molecule has 1 N–H and O–H groups in total. The first-order valence-electron chi connectivity index (χ1n) is 12.3. The molecule has 3 fully saturated rings. The summed E-state index contributed by atoms with van der Waals surface area (Å²) in [5.74, 6) is -0.916. The lowest BCUT2D eigenvalue weighted by Gasteiger charge is -2.28. The van der Waals surface area contributed by atoms with E-state index in [1.807, 2.05) is 54.6 Å². The zero-order chi connectivity index (χ0) is 24.4. The molecule has 3 aliphatic rings.